The van der Waals surface area contributed by atoms with E-state index in [0.717, 1.165) is 49.4 Å². The van der Waals surface area contributed by atoms with Gasteiger partial charge in [-0.25, -0.2) is 4.98 Å². The lowest BCUT2D eigenvalue weighted by Gasteiger charge is -2.34. The van der Waals surface area contributed by atoms with Gasteiger partial charge in [-0.05, 0) is 12.1 Å². The molecular formula is C14H19N5OS. The van der Waals surface area contributed by atoms with Gasteiger partial charge >= 0.3 is 0 Å². The van der Waals surface area contributed by atoms with Crippen molar-refractivity contribution < 1.29 is 4.74 Å². The summed E-state index contributed by atoms with van der Waals surface area (Å²) >= 11 is 1.46. The number of pyridine rings is 1. The van der Waals surface area contributed by atoms with E-state index >= 15 is 0 Å². The molecular weight excluding hydrogens is 286 g/mol. The quantitative estimate of drug-likeness (QED) is 0.832. The van der Waals surface area contributed by atoms with Crippen molar-refractivity contribution in [1.82, 2.24) is 19.2 Å². The van der Waals surface area contributed by atoms with Crippen LogP contribution in [0.4, 0.5) is 5.13 Å². The fourth-order valence-corrected chi connectivity index (χ4v) is 3.10. The zero-order chi connectivity index (χ0) is 14.5. The molecule has 0 radical (unpaired) electrons. The van der Waals surface area contributed by atoms with Gasteiger partial charge in [0.1, 0.15) is 6.61 Å². The first kappa shape index (κ1) is 14.4. The van der Waals surface area contributed by atoms with Gasteiger partial charge in [-0.1, -0.05) is 6.07 Å². The average molecular weight is 305 g/mol. The molecule has 6 nitrogen and oxygen atoms in total. The summed E-state index contributed by atoms with van der Waals surface area (Å²) in [6, 6.07) is 6.07. The molecule has 0 saturated carbocycles. The summed E-state index contributed by atoms with van der Waals surface area (Å²) in [6.07, 6.45) is 1.85. The molecule has 1 saturated heterocycles. The smallest absolute Gasteiger partial charge is 0.205 e. The lowest BCUT2D eigenvalue weighted by Crippen LogP contribution is -2.46. The molecule has 3 rings (SSSR count). The number of methoxy groups -OCH3 is 1. The number of piperazine rings is 1. The van der Waals surface area contributed by atoms with Crippen LogP contribution in [0.3, 0.4) is 0 Å². The van der Waals surface area contributed by atoms with Gasteiger partial charge in [0.15, 0.2) is 5.82 Å². The van der Waals surface area contributed by atoms with Gasteiger partial charge in [0, 0.05) is 57.6 Å². The van der Waals surface area contributed by atoms with Crippen LogP contribution in [0.1, 0.15) is 11.5 Å². The van der Waals surface area contributed by atoms with Crippen LogP contribution in [0.25, 0.3) is 0 Å². The monoisotopic (exact) mass is 305 g/mol. The van der Waals surface area contributed by atoms with E-state index in [9.17, 15) is 0 Å². The fourth-order valence-electron chi connectivity index (χ4n) is 2.38. The van der Waals surface area contributed by atoms with Gasteiger partial charge in [-0.2, -0.15) is 4.37 Å². The van der Waals surface area contributed by atoms with Crippen LogP contribution in [0.5, 0.6) is 0 Å². The standard InChI is InChI=1S/C14H19N5OS/c1-20-11-13-16-14(21-17-13)19-8-6-18(7-9-19)10-12-4-2-3-5-15-12/h2-5H,6-11H2,1H3. The van der Waals surface area contributed by atoms with Crippen LogP contribution >= 0.6 is 11.5 Å². The number of anilines is 1. The molecule has 2 aromatic heterocycles. The van der Waals surface area contributed by atoms with Gasteiger partial charge in [-0.15, -0.1) is 0 Å². The molecule has 7 heteroatoms. The van der Waals surface area contributed by atoms with Crippen molar-refractivity contribution >= 4 is 16.7 Å². The Morgan fingerprint density at radius 2 is 2.10 bits per heavy atom. The van der Waals surface area contributed by atoms with E-state index in [1.165, 1.54) is 11.5 Å². The third-order valence-electron chi connectivity index (χ3n) is 3.49. The number of rotatable bonds is 5. The van der Waals surface area contributed by atoms with E-state index in [4.69, 9.17) is 4.74 Å². The van der Waals surface area contributed by atoms with Crippen LogP contribution in [-0.2, 0) is 17.9 Å². The average Bonchev–Trinajstić information content (AvgIpc) is 2.98. The van der Waals surface area contributed by atoms with Crippen molar-refractivity contribution in [2.45, 2.75) is 13.2 Å². The van der Waals surface area contributed by atoms with E-state index < -0.39 is 0 Å². The van der Waals surface area contributed by atoms with E-state index in [0.29, 0.717) is 6.61 Å². The Kier molecular flexibility index (Phi) is 4.74. The van der Waals surface area contributed by atoms with Gasteiger partial charge < -0.3 is 9.64 Å². The Bertz CT molecular complexity index is 554. The molecule has 0 aliphatic carbocycles. The van der Waals surface area contributed by atoms with Crippen LogP contribution in [0.2, 0.25) is 0 Å². The molecule has 1 aliphatic heterocycles. The topological polar surface area (TPSA) is 54.4 Å². The Hall–Kier alpha value is -1.57. The molecule has 0 unspecified atom stereocenters. The molecule has 0 spiro atoms. The number of ether oxygens (including phenoxy) is 1. The highest BCUT2D eigenvalue weighted by atomic mass is 32.1. The van der Waals surface area contributed by atoms with Gasteiger partial charge in [0.05, 0.1) is 5.69 Å². The Balaban J connectivity index is 1.52. The highest BCUT2D eigenvalue weighted by Gasteiger charge is 2.20. The number of hydrogen-bond acceptors (Lipinski definition) is 7. The zero-order valence-corrected chi connectivity index (χ0v) is 12.9. The third kappa shape index (κ3) is 3.75. The highest BCUT2D eigenvalue weighted by molar-refractivity contribution is 7.09. The summed E-state index contributed by atoms with van der Waals surface area (Å²) in [5, 5.41) is 1.000. The summed E-state index contributed by atoms with van der Waals surface area (Å²) in [4.78, 5) is 13.6. The summed E-state index contributed by atoms with van der Waals surface area (Å²) in [6.45, 7) is 5.41. The minimum Gasteiger partial charge on any atom is -0.377 e. The van der Waals surface area contributed by atoms with Gasteiger partial charge in [0.2, 0.25) is 5.13 Å². The van der Waals surface area contributed by atoms with Crippen LogP contribution in [0, 0.1) is 0 Å². The van der Waals surface area contributed by atoms with Crippen LogP contribution < -0.4 is 4.90 Å². The largest absolute Gasteiger partial charge is 0.377 e. The maximum Gasteiger partial charge on any atom is 0.205 e. The van der Waals surface area contributed by atoms with Crippen molar-refractivity contribution in [3.05, 3.63) is 35.9 Å². The van der Waals surface area contributed by atoms with E-state index in [2.05, 4.69) is 30.2 Å². The van der Waals surface area contributed by atoms with Gasteiger partial charge in [-0.3, -0.25) is 9.88 Å². The summed E-state index contributed by atoms with van der Waals surface area (Å²) in [5.41, 5.74) is 1.13. The molecule has 2 aromatic rings. The predicted molar refractivity (Wildman–Crippen MR) is 82.3 cm³/mol. The van der Waals surface area contributed by atoms with Crippen LogP contribution in [-0.4, -0.2) is 52.5 Å². The second-order valence-corrected chi connectivity index (χ2v) is 5.74. The van der Waals surface area contributed by atoms with Crippen molar-refractivity contribution in [2.75, 3.05) is 38.2 Å². The molecule has 0 atom stereocenters. The van der Waals surface area contributed by atoms with Crippen molar-refractivity contribution in [2.24, 2.45) is 0 Å². The molecule has 0 bridgehead atoms. The van der Waals surface area contributed by atoms with E-state index in [1.54, 1.807) is 7.11 Å². The minimum atomic E-state index is 0.482. The molecule has 21 heavy (non-hydrogen) atoms. The van der Waals surface area contributed by atoms with Crippen LogP contribution in [0.15, 0.2) is 24.4 Å². The minimum absolute atomic E-state index is 0.482. The summed E-state index contributed by atoms with van der Waals surface area (Å²) in [7, 11) is 1.66. The first-order valence-electron chi connectivity index (χ1n) is 7.04. The summed E-state index contributed by atoms with van der Waals surface area (Å²) < 4.78 is 9.37. The zero-order valence-electron chi connectivity index (χ0n) is 12.1. The number of nitrogens with zero attached hydrogens (tertiary/aromatic N) is 5. The second kappa shape index (κ2) is 6.93. The lowest BCUT2D eigenvalue weighted by molar-refractivity contribution is 0.179. The third-order valence-corrected chi connectivity index (χ3v) is 4.30. The SMILES string of the molecule is COCc1nsc(N2CCN(Cc3ccccn3)CC2)n1. The normalized spacial score (nSPS) is 16.3. The van der Waals surface area contributed by atoms with E-state index in [1.807, 2.05) is 18.3 Å². The van der Waals surface area contributed by atoms with Crippen molar-refractivity contribution in [3.63, 3.8) is 0 Å². The Morgan fingerprint density at radius 3 is 2.81 bits per heavy atom. The molecule has 3 heterocycles. The first-order chi connectivity index (χ1) is 10.3. The molecule has 1 aliphatic rings. The van der Waals surface area contributed by atoms with Crippen molar-refractivity contribution in [1.29, 1.82) is 0 Å². The molecule has 0 N–H and O–H groups in total. The summed E-state index contributed by atoms with van der Waals surface area (Å²) in [5.74, 6) is 0.772. The molecule has 0 amide bonds. The van der Waals surface area contributed by atoms with Crippen molar-refractivity contribution in [3.8, 4) is 0 Å². The van der Waals surface area contributed by atoms with E-state index in [-0.39, 0.29) is 0 Å². The highest BCUT2D eigenvalue weighted by Crippen LogP contribution is 2.19. The number of aromatic nitrogens is 3. The molecule has 0 aromatic carbocycles. The molecule has 112 valence electrons. The Labute approximate surface area is 128 Å². The number of hydrogen-bond donors (Lipinski definition) is 0. The maximum atomic E-state index is 5.06. The predicted octanol–water partition coefficient (Wildman–Crippen LogP) is 1.40. The second-order valence-electron chi connectivity index (χ2n) is 5.01. The molecule has 1 fully saturated rings. The first-order valence-corrected chi connectivity index (χ1v) is 7.81. The van der Waals surface area contributed by atoms with Gasteiger partial charge in [0.25, 0.3) is 0 Å². The fraction of sp³-hybridized carbons (Fsp3) is 0.500. The maximum absolute atomic E-state index is 5.06. The Morgan fingerprint density at radius 1 is 1.24 bits per heavy atom. The lowest BCUT2D eigenvalue weighted by atomic mass is 10.3.